The van der Waals surface area contributed by atoms with Crippen molar-refractivity contribution in [2.45, 2.75) is 32.9 Å². The second-order valence-corrected chi connectivity index (χ2v) is 5.33. The maximum Gasteiger partial charge on any atom is 0.180 e. The van der Waals surface area contributed by atoms with Crippen LogP contribution in [-0.4, -0.2) is 56.1 Å². The topological polar surface area (TPSA) is 71.9 Å². The fourth-order valence-electron chi connectivity index (χ4n) is 2.70. The zero-order valence-corrected chi connectivity index (χ0v) is 12.6. The molecule has 2 aromatic heterocycles. The van der Waals surface area contributed by atoms with Gasteiger partial charge in [-0.05, 0) is 19.9 Å². The lowest BCUT2D eigenvalue weighted by atomic mass is 10.2. The number of nitrogens with zero attached hydrogens (tertiary/aromatic N) is 5. The molecule has 0 amide bonds. The van der Waals surface area contributed by atoms with Gasteiger partial charge in [0.25, 0.3) is 0 Å². The van der Waals surface area contributed by atoms with Crippen molar-refractivity contribution in [2.75, 3.05) is 26.2 Å². The number of ether oxygens (including phenoxy) is 1. The van der Waals surface area contributed by atoms with E-state index in [0.29, 0.717) is 0 Å². The Kier molecular flexibility index (Phi) is 4.31. The Labute approximate surface area is 124 Å². The first-order valence-electron chi connectivity index (χ1n) is 7.50. The average molecular weight is 290 g/mol. The molecule has 1 saturated heterocycles. The lowest BCUT2D eigenvalue weighted by molar-refractivity contribution is -0.0339. The van der Waals surface area contributed by atoms with Gasteiger partial charge in [-0.15, -0.1) is 0 Å². The van der Waals surface area contributed by atoms with Crippen LogP contribution in [0.1, 0.15) is 30.4 Å². The van der Waals surface area contributed by atoms with E-state index in [4.69, 9.17) is 4.74 Å². The highest BCUT2D eigenvalue weighted by Gasteiger charge is 2.24. The number of H-pyrrole nitrogens is 1. The van der Waals surface area contributed by atoms with Crippen LogP contribution < -0.4 is 0 Å². The van der Waals surface area contributed by atoms with Crippen molar-refractivity contribution >= 4 is 0 Å². The molecule has 1 unspecified atom stereocenters. The minimum atomic E-state index is -0.0280. The van der Waals surface area contributed by atoms with Gasteiger partial charge in [0.1, 0.15) is 11.9 Å². The average Bonchev–Trinajstić information content (AvgIpc) is 3.14. The third-order valence-corrected chi connectivity index (χ3v) is 3.84. The molecular weight excluding hydrogens is 268 g/mol. The van der Waals surface area contributed by atoms with E-state index in [0.717, 1.165) is 50.9 Å². The summed E-state index contributed by atoms with van der Waals surface area (Å²) >= 11 is 0. The molecule has 114 valence electrons. The van der Waals surface area contributed by atoms with E-state index < -0.39 is 0 Å². The molecule has 2 aromatic rings. The van der Waals surface area contributed by atoms with Crippen LogP contribution in [0.15, 0.2) is 12.3 Å². The summed E-state index contributed by atoms with van der Waals surface area (Å²) < 4.78 is 7.84. The van der Waals surface area contributed by atoms with Gasteiger partial charge in [-0.1, -0.05) is 0 Å². The van der Waals surface area contributed by atoms with Crippen molar-refractivity contribution in [3.63, 3.8) is 0 Å². The van der Waals surface area contributed by atoms with E-state index in [9.17, 15) is 0 Å². The Bertz CT molecular complexity index is 578. The smallest absolute Gasteiger partial charge is 0.180 e. The minimum absolute atomic E-state index is 0.0280. The maximum atomic E-state index is 5.79. The predicted octanol–water partition coefficient (Wildman–Crippen LogP) is 0.946. The lowest BCUT2D eigenvalue weighted by Crippen LogP contribution is -2.40. The Hall–Kier alpha value is -1.73. The number of hydrogen-bond donors (Lipinski definition) is 1. The highest BCUT2D eigenvalue weighted by Crippen LogP contribution is 2.19. The number of morpholine rings is 1. The summed E-state index contributed by atoms with van der Waals surface area (Å²) in [6, 6.07) is 2.10. The highest BCUT2D eigenvalue weighted by molar-refractivity contribution is 5.01. The molecular formula is C14H22N6O. The number of rotatable bonds is 5. The van der Waals surface area contributed by atoms with Crippen molar-refractivity contribution in [1.82, 2.24) is 29.9 Å². The maximum absolute atomic E-state index is 5.79. The summed E-state index contributed by atoms with van der Waals surface area (Å²) in [5, 5.41) is 11.4. The van der Waals surface area contributed by atoms with Crippen LogP contribution in [0.5, 0.6) is 0 Å². The molecule has 7 heteroatoms. The summed E-state index contributed by atoms with van der Waals surface area (Å²) in [6.07, 6.45) is 2.85. The molecule has 1 fully saturated rings. The summed E-state index contributed by atoms with van der Waals surface area (Å²) in [7, 11) is 0. The van der Waals surface area contributed by atoms with Crippen LogP contribution in [0.3, 0.4) is 0 Å². The quantitative estimate of drug-likeness (QED) is 0.887. The molecule has 1 N–H and O–H groups in total. The van der Waals surface area contributed by atoms with Crippen LogP contribution in [0.4, 0.5) is 0 Å². The van der Waals surface area contributed by atoms with Crippen LogP contribution in [-0.2, 0) is 17.7 Å². The van der Waals surface area contributed by atoms with Crippen molar-refractivity contribution < 1.29 is 4.74 Å². The monoisotopic (exact) mass is 290 g/mol. The highest BCUT2D eigenvalue weighted by atomic mass is 16.5. The van der Waals surface area contributed by atoms with Crippen molar-refractivity contribution in [1.29, 1.82) is 0 Å². The van der Waals surface area contributed by atoms with Crippen molar-refractivity contribution in [3.8, 4) is 0 Å². The van der Waals surface area contributed by atoms with Gasteiger partial charge in [0, 0.05) is 44.5 Å². The van der Waals surface area contributed by atoms with Crippen LogP contribution in [0.25, 0.3) is 0 Å². The van der Waals surface area contributed by atoms with E-state index in [2.05, 4.69) is 42.9 Å². The fourth-order valence-corrected chi connectivity index (χ4v) is 2.70. The largest absolute Gasteiger partial charge is 0.367 e. The van der Waals surface area contributed by atoms with Gasteiger partial charge in [-0.2, -0.15) is 10.2 Å². The molecule has 3 heterocycles. The van der Waals surface area contributed by atoms with E-state index in [1.165, 1.54) is 5.69 Å². The van der Waals surface area contributed by atoms with Crippen molar-refractivity contribution in [3.05, 3.63) is 29.6 Å². The van der Waals surface area contributed by atoms with E-state index in [1.54, 1.807) is 0 Å². The molecule has 0 saturated carbocycles. The number of nitrogens with one attached hydrogen (secondary N) is 1. The van der Waals surface area contributed by atoms with Gasteiger partial charge in [0.15, 0.2) is 5.82 Å². The Balaban J connectivity index is 1.56. The zero-order chi connectivity index (χ0) is 14.7. The first kappa shape index (κ1) is 14.2. The zero-order valence-electron chi connectivity index (χ0n) is 12.6. The minimum Gasteiger partial charge on any atom is -0.367 e. The van der Waals surface area contributed by atoms with E-state index in [1.807, 2.05) is 13.1 Å². The molecule has 0 bridgehead atoms. The Morgan fingerprint density at radius 1 is 1.48 bits per heavy atom. The van der Waals surface area contributed by atoms with Gasteiger partial charge in [0.2, 0.25) is 0 Å². The van der Waals surface area contributed by atoms with Crippen LogP contribution in [0, 0.1) is 6.92 Å². The predicted molar refractivity (Wildman–Crippen MR) is 77.9 cm³/mol. The Morgan fingerprint density at radius 3 is 3.14 bits per heavy atom. The summed E-state index contributed by atoms with van der Waals surface area (Å²) in [5.74, 6) is 1.59. The number of aromatic amines is 1. The molecule has 21 heavy (non-hydrogen) atoms. The summed E-state index contributed by atoms with van der Waals surface area (Å²) in [6.45, 7) is 8.48. The van der Waals surface area contributed by atoms with Crippen LogP contribution in [0.2, 0.25) is 0 Å². The first-order chi connectivity index (χ1) is 10.3. The van der Waals surface area contributed by atoms with Gasteiger partial charge in [-0.3, -0.25) is 14.7 Å². The molecule has 3 rings (SSSR count). The first-order valence-corrected chi connectivity index (χ1v) is 7.50. The number of hydrogen-bond acceptors (Lipinski definition) is 5. The van der Waals surface area contributed by atoms with Gasteiger partial charge < -0.3 is 4.74 Å². The van der Waals surface area contributed by atoms with E-state index in [-0.39, 0.29) is 6.10 Å². The standard InChI is InChI=1S/C14H22N6O/c1-3-20-12(4-6-15-20)5-7-19-8-9-21-13(10-19)14-16-11(2)17-18-14/h4,6,13H,3,5,7-10H2,1-2H3,(H,16,17,18). The summed E-state index contributed by atoms with van der Waals surface area (Å²) in [5.41, 5.74) is 1.29. The van der Waals surface area contributed by atoms with Gasteiger partial charge >= 0.3 is 0 Å². The second-order valence-electron chi connectivity index (χ2n) is 5.33. The van der Waals surface area contributed by atoms with Gasteiger partial charge in [0.05, 0.1) is 6.61 Å². The molecule has 1 aliphatic heterocycles. The summed E-state index contributed by atoms with van der Waals surface area (Å²) in [4.78, 5) is 6.78. The molecule has 0 aliphatic carbocycles. The van der Waals surface area contributed by atoms with Gasteiger partial charge in [-0.25, -0.2) is 4.98 Å². The third-order valence-electron chi connectivity index (χ3n) is 3.84. The van der Waals surface area contributed by atoms with E-state index >= 15 is 0 Å². The number of aromatic nitrogens is 5. The lowest BCUT2D eigenvalue weighted by Gasteiger charge is -2.31. The fraction of sp³-hybridized carbons (Fsp3) is 0.643. The third kappa shape index (κ3) is 3.30. The van der Waals surface area contributed by atoms with Crippen LogP contribution >= 0.6 is 0 Å². The SMILES string of the molecule is CCn1nccc1CCN1CCOC(c2n[nH]c(C)n2)C1. The molecule has 7 nitrogen and oxygen atoms in total. The molecule has 1 aliphatic rings. The molecule has 0 spiro atoms. The number of aryl methyl sites for hydroxylation is 2. The molecule has 0 radical (unpaired) electrons. The molecule has 1 atom stereocenters. The Morgan fingerprint density at radius 2 is 2.38 bits per heavy atom. The normalized spacial score (nSPS) is 20.0. The van der Waals surface area contributed by atoms with Crippen molar-refractivity contribution in [2.24, 2.45) is 0 Å². The molecule has 0 aromatic carbocycles. The second kappa shape index (κ2) is 6.36.